The van der Waals surface area contributed by atoms with Gasteiger partial charge in [-0.05, 0) is 34.1 Å². The Hall–Kier alpha value is -1.81. The van der Waals surface area contributed by atoms with Crippen molar-refractivity contribution in [2.75, 3.05) is 6.54 Å². The van der Waals surface area contributed by atoms with E-state index in [1.807, 2.05) is 17.5 Å². The summed E-state index contributed by atoms with van der Waals surface area (Å²) < 4.78 is 5.93. The lowest BCUT2D eigenvalue weighted by Crippen LogP contribution is -2.34. The summed E-state index contributed by atoms with van der Waals surface area (Å²) in [5.74, 6) is 0.924. The van der Waals surface area contributed by atoms with Crippen LogP contribution in [0.25, 0.3) is 0 Å². The number of carbonyl (C=O) groups is 1. The molecule has 0 aliphatic carbocycles. The topological polar surface area (TPSA) is 38.3 Å². The van der Waals surface area contributed by atoms with Crippen LogP contribution in [0.4, 0.5) is 0 Å². The fourth-order valence-electron chi connectivity index (χ4n) is 2.60. The second-order valence-electron chi connectivity index (χ2n) is 6.70. The van der Waals surface area contributed by atoms with E-state index in [1.165, 1.54) is 22.5 Å². The molecule has 1 amide bonds. The van der Waals surface area contributed by atoms with E-state index in [-0.39, 0.29) is 17.4 Å². The second-order valence-corrected chi connectivity index (χ2v) is 7.65. The molecule has 1 atom stereocenters. The molecule has 0 saturated carbocycles. The quantitative estimate of drug-likeness (QED) is 0.936. The predicted molar refractivity (Wildman–Crippen MR) is 89.9 cm³/mol. The molecule has 1 aromatic carbocycles. The number of benzene rings is 1. The van der Waals surface area contributed by atoms with Gasteiger partial charge in [-0.3, -0.25) is 4.79 Å². The van der Waals surface area contributed by atoms with Gasteiger partial charge in [0.05, 0.1) is 11.4 Å². The molecule has 1 aromatic heterocycles. The summed E-state index contributed by atoms with van der Waals surface area (Å²) in [5.41, 5.74) is 2.70. The Labute approximate surface area is 135 Å². The molecule has 0 radical (unpaired) electrons. The standard InChI is InChI=1S/C18H21NO2S/c1-18(2,3)13-6-7-15-12(9-13)10-14(21-15)11-19-17(20)16-5-4-8-22-16/h4-9,14H,10-11H2,1-3H3,(H,19,20)/t14-/m0/s1. The Kier molecular flexibility index (Phi) is 3.96. The third kappa shape index (κ3) is 3.17. The first-order valence-electron chi connectivity index (χ1n) is 7.55. The van der Waals surface area contributed by atoms with Crippen LogP contribution in [0, 0.1) is 0 Å². The van der Waals surface area contributed by atoms with Crippen molar-refractivity contribution in [3.63, 3.8) is 0 Å². The van der Waals surface area contributed by atoms with Gasteiger partial charge in [0.25, 0.3) is 5.91 Å². The number of amides is 1. The number of hydrogen-bond donors (Lipinski definition) is 1. The number of ether oxygens (including phenoxy) is 1. The monoisotopic (exact) mass is 315 g/mol. The minimum absolute atomic E-state index is 0.0223. The van der Waals surface area contributed by atoms with Gasteiger partial charge >= 0.3 is 0 Å². The summed E-state index contributed by atoms with van der Waals surface area (Å²) in [6.45, 7) is 7.17. The minimum atomic E-state index is -0.0232. The molecule has 0 spiro atoms. The van der Waals surface area contributed by atoms with Crippen LogP contribution >= 0.6 is 11.3 Å². The molecule has 2 heterocycles. The van der Waals surface area contributed by atoms with Crippen LogP contribution in [-0.2, 0) is 11.8 Å². The van der Waals surface area contributed by atoms with E-state index < -0.39 is 0 Å². The summed E-state index contributed by atoms with van der Waals surface area (Å²) in [7, 11) is 0. The molecule has 1 aliphatic rings. The van der Waals surface area contributed by atoms with Crippen molar-refractivity contribution in [1.82, 2.24) is 5.32 Å². The summed E-state index contributed by atoms with van der Waals surface area (Å²) in [6, 6.07) is 10.1. The van der Waals surface area contributed by atoms with Gasteiger partial charge < -0.3 is 10.1 Å². The Bertz CT molecular complexity index is 671. The number of fused-ring (bicyclic) bond motifs is 1. The molecule has 2 aromatic rings. The maximum absolute atomic E-state index is 12.0. The predicted octanol–water partition coefficient (Wildman–Crippen LogP) is 3.78. The van der Waals surface area contributed by atoms with Crippen molar-refractivity contribution in [2.24, 2.45) is 0 Å². The summed E-state index contributed by atoms with van der Waals surface area (Å²) in [4.78, 5) is 12.7. The number of carbonyl (C=O) groups excluding carboxylic acids is 1. The van der Waals surface area contributed by atoms with Crippen molar-refractivity contribution in [1.29, 1.82) is 0 Å². The molecular formula is C18H21NO2S. The van der Waals surface area contributed by atoms with Gasteiger partial charge in [-0.1, -0.05) is 39.0 Å². The Balaban J connectivity index is 1.61. The van der Waals surface area contributed by atoms with Crippen LogP contribution in [0.15, 0.2) is 35.7 Å². The summed E-state index contributed by atoms with van der Waals surface area (Å²) in [6.07, 6.45) is 0.874. The molecule has 116 valence electrons. The highest BCUT2D eigenvalue weighted by Gasteiger charge is 2.25. The van der Waals surface area contributed by atoms with Crippen molar-refractivity contribution in [3.8, 4) is 5.75 Å². The Morgan fingerprint density at radius 1 is 1.36 bits per heavy atom. The maximum Gasteiger partial charge on any atom is 0.261 e. The summed E-state index contributed by atoms with van der Waals surface area (Å²) >= 11 is 1.45. The van der Waals surface area contributed by atoms with Gasteiger partial charge in [0.2, 0.25) is 0 Å². The van der Waals surface area contributed by atoms with Crippen LogP contribution in [0.3, 0.4) is 0 Å². The third-order valence-electron chi connectivity index (χ3n) is 3.90. The van der Waals surface area contributed by atoms with Crippen molar-refractivity contribution in [2.45, 2.75) is 38.7 Å². The highest BCUT2D eigenvalue weighted by atomic mass is 32.1. The Morgan fingerprint density at radius 2 is 2.18 bits per heavy atom. The highest BCUT2D eigenvalue weighted by Crippen LogP contribution is 2.33. The molecule has 0 saturated heterocycles. The molecule has 1 aliphatic heterocycles. The number of nitrogens with one attached hydrogen (secondary N) is 1. The van der Waals surface area contributed by atoms with Gasteiger partial charge in [-0.25, -0.2) is 0 Å². The van der Waals surface area contributed by atoms with Gasteiger partial charge in [-0.2, -0.15) is 0 Å². The van der Waals surface area contributed by atoms with Crippen LogP contribution in [0.2, 0.25) is 0 Å². The first-order chi connectivity index (χ1) is 10.4. The first kappa shape index (κ1) is 15.1. The number of thiophene rings is 1. The van der Waals surface area contributed by atoms with E-state index in [9.17, 15) is 4.79 Å². The first-order valence-corrected chi connectivity index (χ1v) is 8.43. The van der Waals surface area contributed by atoms with E-state index in [2.05, 4.69) is 44.3 Å². The minimum Gasteiger partial charge on any atom is -0.488 e. The zero-order valence-corrected chi connectivity index (χ0v) is 14.0. The van der Waals surface area contributed by atoms with E-state index in [4.69, 9.17) is 4.74 Å². The average molecular weight is 315 g/mol. The zero-order valence-electron chi connectivity index (χ0n) is 13.2. The van der Waals surface area contributed by atoms with E-state index in [1.54, 1.807) is 0 Å². The van der Waals surface area contributed by atoms with Gasteiger partial charge in [-0.15, -0.1) is 11.3 Å². The molecule has 4 heteroatoms. The van der Waals surface area contributed by atoms with E-state index in [0.717, 1.165) is 17.0 Å². The lowest BCUT2D eigenvalue weighted by Gasteiger charge is -2.19. The van der Waals surface area contributed by atoms with Crippen molar-refractivity contribution in [3.05, 3.63) is 51.7 Å². The van der Waals surface area contributed by atoms with Crippen molar-refractivity contribution < 1.29 is 9.53 Å². The normalized spacial score (nSPS) is 17.0. The molecule has 0 unspecified atom stereocenters. The van der Waals surface area contributed by atoms with Gasteiger partial charge in [0, 0.05) is 6.42 Å². The lowest BCUT2D eigenvalue weighted by atomic mass is 9.86. The largest absolute Gasteiger partial charge is 0.488 e. The molecular weight excluding hydrogens is 294 g/mol. The highest BCUT2D eigenvalue weighted by molar-refractivity contribution is 7.12. The number of hydrogen-bond acceptors (Lipinski definition) is 3. The molecule has 22 heavy (non-hydrogen) atoms. The fraction of sp³-hybridized carbons (Fsp3) is 0.389. The molecule has 3 nitrogen and oxygen atoms in total. The number of rotatable bonds is 3. The van der Waals surface area contributed by atoms with Gasteiger partial charge in [0.15, 0.2) is 0 Å². The van der Waals surface area contributed by atoms with Gasteiger partial charge in [0.1, 0.15) is 11.9 Å². The Morgan fingerprint density at radius 3 is 2.86 bits per heavy atom. The smallest absolute Gasteiger partial charge is 0.261 e. The zero-order chi connectivity index (χ0) is 15.7. The van der Waals surface area contributed by atoms with Crippen molar-refractivity contribution >= 4 is 17.2 Å². The van der Waals surface area contributed by atoms with Crippen LogP contribution in [0.1, 0.15) is 41.6 Å². The molecule has 0 fully saturated rings. The maximum atomic E-state index is 12.0. The fourth-order valence-corrected chi connectivity index (χ4v) is 3.24. The molecule has 1 N–H and O–H groups in total. The van der Waals surface area contributed by atoms with E-state index in [0.29, 0.717) is 6.54 Å². The molecule has 0 bridgehead atoms. The average Bonchev–Trinajstić information content (AvgIpc) is 3.11. The third-order valence-corrected chi connectivity index (χ3v) is 4.77. The lowest BCUT2D eigenvalue weighted by molar-refractivity contribution is 0.0937. The summed E-state index contributed by atoms with van der Waals surface area (Å²) in [5, 5.41) is 4.86. The second kappa shape index (κ2) is 5.76. The van der Waals surface area contributed by atoms with Crippen LogP contribution in [0.5, 0.6) is 5.75 Å². The van der Waals surface area contributed by atoms with Crippen LogP contribution < -0.4 is 10.1 Å². The van der Waals surface area contributed by atoms with Crippen LogP contribution in [-0.4, -0.2) is 18.6 Å². The molecule has 3 rings (SSSR count). The SMILES string of the molecule is CC(C)(C)c1ccc2c(c1)C[C@@H](CNC(=O)c1cccs1)O2. The van der Waals surface area contributed by atoms with E-state index >= 15 is 0 Å².